The van der Waals surface area contributed by atoms with Crippen LogP contribution in [0.1, 0.15) is 27.6 Å². The smallest absolute Gasteiger partial charge is 0.257 e. The molecule has 8 aromatic carbocycles. The van der Waals surface area contributed by atoms with Gasteiger partial charge in [-0.15, -0.1) is 0 Å². The topological polar surface area (TPSA) is 139 Å². The Hall–Kier alpha value is -8.69. The van der Waals surface area contributed by atoms with Crippen LogP contribution in [-0.2, 0) is 4.79 Å². The molecule has 5 N–H and O–H groups in total. The lowest BCUT2D eigenvalue weighted by molar-refractivity contribution is -0.114. The van der Waals surface area contributed by atoms with Crippen LogP contribution in [-0.4, -0.2) is 27.7 Å². The number of benzene rings is 8. The van der Waals surface area contributed by atoms with Crippen molar-refractivity contribution in [2.24, 2.45) is 0 Å². The third kappa shape index (κ3) is 8.14. The highest BCUT2D eigenvalue weighted by atomic mass is 16.2. The first kappa shape index (κ1) is 39.8. The second-order valence-corrected chi connectivity index (χ2v) is 15.0. The standard InChI is InChI=1S/C28H21N3O2.C26H19N3O/c1-18(32)30-24-14-12-19-7-2-4-10-22(19)26(24)27-23-11-5-3-8-20(23)13-15-25(27)31-28(33)21-9-6-16-29-17-21;27-22-13-11-17-6-1-3-9-20(17)24(22)25-21-10-4-2-7-18(21)12-14-23(25)29-26(30)19-8-5-15-28-16-19/h2-17H,1H3,(H,30,32)(H,31,33);1-16H,27H2,(H,29,30). The summed E-state index contributed by atoms with van der Waals surface area (Å²) >= 11 is 0. The summed E-state index contributed by atoms with van der Waals surface area (Å²) in [5.41, 5.74) is 13.8. The summed E-state index contributed by atoms with van der Waals surface area (Å²) in [6.45, 7) is 1.49. The Kier molecular flexibility index (Phi) is 11.0. The Morgan fingerprint density at radius 3 is 1.13 bits per heavy atom. The molecule has 0 saturated carbocycles. The second-order valence-electron chi connectivity index (χ2n) is 15.0. The normalized spacial score (nSPS) is 10.9. The largest absolute Gasteiger partial charge is 0.398 e. The molecule has 2 aromatic heterocycles. The molecule has 3 amide bonds. The van der Waals surface area contributed by atoms with E-state index in [1.165, 1.54) is 13.1 Å². The molecule has 0 aliphatic heterocycles. The number of aromatic nitrogens is 2. The monoisotopic (exact) mass is 820 g/mol. The third-order valence-electron chi connectivity index (χ3n) is 10.9. The van der Waals surface area contributed by atoms with Crippen LogP contribution in [0.5, 0.6) is 0 Å². The lowest BCUT2D eigenvalue weighted by Gasteiger charge is -2.20. The van der Waals surface area contributed by atoms with E-state index < -0.39 is 0 Å². The zero-order chi connectivity index (χ0) is 43.3. The van der Waals surface area contributed by atoms with Gasteiger partial charge >= 0.3 is 0 Å². The van der Waals surface area contributed by atoms with Crippen molar-refractivity contribution in [1.29, 1.82) is 0 Å². The summed E-state index contributed by atoms with van der Waals surface area (Å²) < 4.78 is 0. The van der Waals surface area contributed by atoms with E-state index in [-0.39, 0.29) is 17.7 Å². The number of carbonyl (C=O) groups is 3. The number of carbonyl (C=O) groups excluding carboxylic acids is 3. The van der Waals surface area contributed by atoms with Crippen molar-refractivity contribution in [2.45, 2.75) is 6.92 Å². The molecule has 9 heteroatoms. The summed E-state index contributed by atoms with van der Waals surface area (Å²) in [5, 5.41) is 17.4. The number of anilines is 4. The molecule has 0 aliphatic carbocycles. The molecule has 9 nitrogen and oxygen atoms in total. The van der Waals surface area contributed by atoms with Crippen LogP contribution >= 0.6 is 0 Å². The Morgan fingerprint density at radius 2 is 0.746 bits per heavy atom. The van der Waals surface area contributed by atoms with Crippen LogP contribution in [0, 0.1) is 0 Å². The van der Waals surface area contributed by atoms with Crippen molar-refractivity contribution in [3.05, 3.63) is 206 Å². The van der Waals surface area contributed by atoms with Gasteiger partial charge in [0.05, 0.1) is 11.1 Å². The van der Waals surface area contributed by atoms with Crippen molar-refractivity contribution in [1.82, 2.24) is 9.97 Å². The molecule has 0 aliphatic rings. The van der Waals surface area contributed by atoms with Gasteiger partial charge in [0, 0.05) is 76.7 Å². The van der Waals surface area contributed by atoms with Crippen LogP contribution in [0.2, 0.25) is 0 Å². The minimum atomic E-state index is -0.249. The number of nitrogens with zero attached hydrogens (tertiary/aromatic N) is 2. The van der Waals surface area contributed by atoms with Crippen LogP contribution in [0.25, 0.3) is 65.3 Å². The van der Waals surface area contributed by atoms with Crippen LogP contribution in [0.3, 0.4) is 0 Å². The second kappa shape index (κ2) is 17.5. The van der Waals surface area contributed by atoms with Crippen molar-refractivity contribution in [3.63, 3.8) is 0 Å². The molecule has 63 heavy (non-hydrogen) atoms. The maximum Gasteiger partial charge on any atom is 0.257 e. The number of nitrogens with one attached hydrogen (secondary N) is 3. The van der Waals surface area contributed by atoms with Gasteiger partial charge in [0.25, 0.3) is 11.8 Å². The fourth-order valence-corrected chi connectivity index (χ4v) is 8.08. The predicted octanol–water partition coefficient (Wildman–Crippen LogP) is 12.2. The minimum Gasteiger partial charge on any atom is -0.398 e. The zero-order valence-electron chi connectivity index (χ0n) is 34.2. The van der Waals surface area contributed by atoms with Crippen LogP contribution in [0.15, 0.2) is 195 Å². The first-order valence-corrected chi connectivity index (χ1v) is 20.4. The van der Waals surface area contributed by atoms with Gasteiger partial charge in [0.15, 0.2) is 0 Å². The first-order valence-electron chi connectivity index (χ1n) is 20.4. The summed E-state index contributed by atoms with van der Waals surface area (Å²) in [7, 11) is 0. The Morgan fingerprint density at radius 1 is 0.397 bits per heavy atom. The van der Waals surface area contributed by atoms with E-state index in [1.54, 1.807) is 42.9 Å². The van der Waals surface area contributed by atoms with Gasteiger partial charge in [-0.05, 0) is 91.6 Å². The molecule has 0 unspecified atom stereocenters. The Balaban J connectivity index is 0.000000161. The van der Waals surface area contributed by atoms with Crippen LogP contribution in [0.4, 0.5) is 22.7 Å². The number of nitrogens with two attached hydrogens (primary N) is 1. The quantitative estimate of drug-likeness (QED) is 0.118. The van der Waals surface area contributed by atoms with Gasteiger partial charge in [0.2, 0.25) is 5.91 Å². The summed E-state index contributed by atoms with van der Waals surface area (Å²) in [4.78, 5) is 46.1. The van der Waals surface area contributed by atoms with Crippen molar-refractivity contribution >= 4 is 83.6 Å². The van der Waals surface area contributed by atoms with Crippen molar-refractivity contribution in [2.75, 3.05) is 21.7 Å². The molecule has 0 bridgehead atoms. The Bertz CT molecular complexity index is 3350. The third-order valence-corrected chi connectivity index (χ3v) is 10.9. The number of rotatable bonds is 7. The van der Waals surface area contributed by atoms with Crippen molar-refractivity contribution < 1.29 is 14.4 Å². The molecule has 0 atom stereocenters. The predicted molar refractivity (Wildman–Crippen MR) is 257 cm³/mol. The van der Waals surface area contributed by atoms with E-state index in [2.05, 4.69) is 50.2 Å². The fraction of sp³-hybridized carbons (Fsp3) is 0.0185. The van der Waals surface area contributed by atoms with Gasteiger partial charge < -0.3 is 21.7 Å². The fourth-order valence-electron chi connectivity index (χ4n) is 8.08. The highest BCUT2D eigenvalue weighted by Gasteiger charge is 2.21. The number of hydrogen-bond acceptors (Lipinski definition) is 6. The van der Waals surface area contributed by atoms with Gasteiger partial charge in [-0.25, -0.2) is 0 Å². The van der Waals surface area contributed by atoms with Gasteiger partial charge in [-0.1, -0.05) is 121 Å². The highest BCUT2D eigenvalue weighted by Crippen LogP contribution is 2.45. The number of pyridine rings is 2. The van der Waals surface area contributed by atoms with Gasteiger partial charge in [-0.2, -0.15) is 0 Å². The summed E-state index contributed by atoms with van der Waals surface area (Å²) in [5.74, 6) is -0.618. The van der Waals surface area contributed by atoms with Gasteiger partial charge in [0.1, 0.15) is 0 Å². The maximum absolute atomic E-state index is 13.0. The maximum atomic E-state index is 13.0. The molecular weight excluding hydrogens is 781 g/mol. The van der Waals surface area contributed by atoms with Gasteiger partial charge in [-0.3, -0.25) is 24.4 Å². The lowest BCUT2D eigenvalue weighted by atomic mass is 9.91. The average Bonchev–Trinajstić information content (AvgIpc) is 3.32. The van der Waals surface area contributed by atoms with E-state index in [1.807, 2.05) is 121 Å². The van der Waals surface area contributed by atoms with E-state index in [0.717, 1.165) is 65.3 Å². The molecule has 0 saturated heterocycles. The molecule has 2 heterocycles. The molecule has 0 radical (unpaired) electrons. The van der Waals surface area contributed by atoms with Crippen molar-refractivity contribution in [3.8, 4) is 22.3 Å². The summed E-state index contributed by atoms with van der Waals surface area (Å²) in [6, 6.07) is 55.0. The molecule has 304 valence electrons. The number of nitrogen functional groups attached to an aromatic ring is 1. The zero-order valence-corrected chi connectivity index (χ0v) is 34.2. The minimum absolute atomic E-state index is 0.160. The molecule has 0 spiro atoms. The molecular formula is C54H40N6O3. The van der Waals surface area contributed by atoms with E-state index in [4.69, 9.17) is 5.73 Å². The molecule has 0 fully saturated rings. The SMILES string of the molecule is CC(=O)Nc1ccc2ccccc2c1-c1c(NC(=O)c2cccnc2)ccc2ccccc12.Nc1ccc2ccccc2c1-c1c(NC(=O)c2cccnc2)ccc2ccccc12. The Labute approximate surface area is 363 Å². The molecule has 10 rings (SSSR count). The number of fused-ring (bicyclic) bond motifs is 4. The first-order chi connectivity index (χ1) is 30.8. The number of hydrogen-bond donors (Lipinski definition) is 4. The van der Waals surface area contributed by atoms with Crippen LogP contribution < -0.4 is 21.7 Å². The number of amides is 3. The van der Waals surface area contributed by atoms with E-state index >= 15 is 0 Å². The molecule has 10 aromatic rings. The van der Waals surface area contributed by atoms with E-state index in [0.29, 0.717) is 33.9 Å². The lowest BCUT2D eigenvalue weighted by Crippen LogP contribution is -2.13. The average molecular weight is 821 g/mol. The van der Waals surface area contributed by atoms with E-state index in [9.17, 15) is 14.4 Å². The summed E-state index contributed by atoms with van der Waals surface area (Å²) in [6.07, 6.45) is 6.38. The highest BCUT2D eigenvalue weighted by molar-refractivity contribution is 6.19.